The third-order valence-corrected chi connectivity index (χ3v) is 3.77. The molecular weight excluding hydrogens is 389 g/mol. The van der Waals surface area contributed by atoms with Gasteiger partial charge in [0.05, 0.1) is 12.1 Å². The Morgan fingerprint density at radius 1 is 1.27 bits per heavy atom. The van der Waals surface area contributed by atoms with Crippen LogP contribution in [0, 0.1) is 0 Å². The number of hydrogen-bond acceptors (Lipinski definition) is 2. The molecule has 2 rings (SSSR count). The highest BCUT2D eigenvalue weighted by atomic mass is 127. The van der Waals surface area contributed by atoms with Crippen LogP contribution >= 0.6 is 24.0 Å². The van der Waals surface area contributed by atoms with Crippen LogP contribution in [0.15, 0.2) is 35.3 Å². The topological polar surface area (TPSA) is 45.7 Å². The third-order valence-electron chi connectivity index (χ3n) is 3.77. The summed E-state index contributed by atoms with van der Waals surface area (Å²) in [6, 6.07) is 10.5. The normalized spacial score (nSPS) is 21.3. The van der Waals surface area contributed by atoms with E-state index in [4.69, 9.17) is 4.74 Å². The number of nitrogens with one attached hydrogen (secondary N) is 2. The first-order valence-electron chi connectivity index (χ1n) is 7.92. The van der Waals surface area contributed by atoms with Crippen molar-refractivity contribution in [3.8, 4) is 0 Å². The lowest BCUT2D eigenvalue weighted by molar-refractivity contribution is 0.0283. The van der Waals surface area contributed by atoms with Crippen molar-refractivity contribution in [2.45, 2.75) is 38.7 Å². The molecule has 0 aliphatic carbocycles. The van der Waals surface area contributed by atoms with Crippen LogP contribution in [0.2, 0.25) is 0 Å². The van der Waals surface area contributed by atoms with E-state index in [1.807, 2.05) is 6.07 Å². The lowest BCUT2D eigenvalue weighted by Gasteiger charge is -2.21. The molecule has 22 heavy (non-hydrogen) atoms. The van der Waals surface area contributed by atoms with Gasteiger partial charge in [0.2, 0.25) is 0 Å². The minimum atomic E-state index is -0.0816. The van der Waals surface area contributed by atoms with Gasteiger partial charge in [-0.05, 0) is 38.7 Å². The summed E-state index contributed by atoms with van der Waals surface area (Å²) in [5.74, 6) is 0.880. The largest absolute Gasteiger partial charge is 0.373 e. The van der Waals surface area contributed by atoms with E-state index >= 15 is 0 Å². The molecule has 1 aliphatic heterocycles. The predicted molar refractivity (Wildman–Crippen MR) is 103 cm³/mol. The van der Waals surface area contributed by atoms with Crippen molar-refractivity contribution < 1.29 is 4.74 Å². The number of rotatable bonds is 6. The van der Waals surface area contributed by atoms with E-state index in [9.17, 15) is 0 Å². The molecule has 5 heteroatoms. The maximum atomic E-state index is 5.78. The van der Waals surface area contributed by atoms with Crippen LogP contribution in [0.25, 0.3) is 0 Å². The van der Waals surface area contributed by atoms with Crippen LogP contribution < -0.4 is 10.6 Å². The minimum Gasteiger partial charge on any atom is -0.373 e. The van der Waals surface area contributed by atoms with Crippen molar-refractivity contribution in [2.75, 3.05) is 26.2 Å². The maximum absolute atomic E-state index is 5.78. The summed E-state index contributed by atoms with van der Waals surface area (Å²) < 4.78 is 5.78. The van der Waals surface area contributed by atoms with Gasteiger partial charge in [0, 0.05) is 19.7 Å². The number of ether oxygens (including phenoxy) is 1. The Hall–Kier alpha value is -0.820. The zero-order chi connectivity index (χ0) is 15.0. The second-order valence-electron chi connectivity index (χ2n) is 5.76. The van der Waals surface area contributed by atoms with Gasteiger partial charge in [-0.15, -0.1) is 24.0 Å². The second kappa shape index (κ2) is 10.0. The fourth-order valence-corrected chi connectivity index (χ4v) is 2.52. The molecule has 1 saturated heterocycles. The van der Waals surface area contributed by atoms with Crippen molar-refractivity contribution in [3.05, 3.63) is 35.9 Å². The summed E-state index contributed by atoms with van der Waals surface area (Å²) in [7, 11) is 0. The van der Waals surface area contributed by atoms with Gasteiger partial charge in [-0.25, -0.2) is 0 Å². The second-order valence-corrected chi connectivity index (χ2v) is 5.76. The molecule has 124 valence electrons. The molecule has 0 spiro atoms. The van der Waals surface area contributed by atoms with Crippen molar-refractivity contribution in [1.29, 1.82) is 0 Å². The minimum absolute atomic E-state index is 0. The molecule has 0 radical (unpaired) electrons. The van der Waals surface area contributed by atoms with E-state index in [1.165, 1.54) is 5.56 Å². The Balaban J connectivity index is 0.00000242. The number of benzene rings is 1. The number of guanidine groups is 1. The predicted octanol–water partition coefficient (Wildman–Crippen LogP) is 2.97. The van der Waals surface area contributed by atoms with Crippen molar-refractivity contribution in [2.24, 2.45) is 4.99 Å². The Labute approximate surface area is 151 Å². The number of nitrogens with zero attached hydrogens (tertiary/aromatic N) is 1. The first-order valence-corrected chi connectivity index (χ1v) is 7.92. The standard InChI is InChI=1S/C17H27N3O.HI/c1-3-18-16(20-14-17(2)11-7-13-21-17)19-12-10-15-8-5-4-6-9-15;/h4-6,8-9H,3,7,10-14H2,1-2H3,(H2,18,19,20);1H. The van der Waals surface area contributed by atoms with Gasteiger partial charge in [-0.2, -0.15) is 0 Å². The molecule has 1 atom stereocenters. The van der Waals surface area contributed by atoms with Gasteiger partial charge < -0.3 is 15.4 Å². The maximum Gasteiger partial charge on any atom is 0.191 e. The number of hydrogen-bond donors (Lipinski definition) is 2. The Morgan fingerprint density at radius 3 is 2.68 bits per heavy atom. The average Bonchev–Trinajstić information content (AvgIpc) is 2.93. The third kappa shape index (κ3) is 6.52. The Kier molecular flexibility index (Phi) is 8.78. The van der Waals surface area contributed by atoms with E-state index in [1.54, 1.807) is 0 Å². The molecule has 0 amide bonds. The van der Waals surface area contributed by atoms with E-state index in [-0.39, 0.29) is 29.6 Å². The van der Waals surface area contributed by atoms with Crippen LogP contribution in [0.3, 0.4) is 0 Å². The van der Waals surface area contributed by atoms with Crippen LogP contribution in [-0.4, -0.2) is 37.8 Å². The summed E-state index contributed by atoms with van der Waals surface area (Å²) in [6.07, 6.45) is 3.24. The first-order chi connectivity index (χ1) is 10.2. The van der Waals surface area contributed by atoms with Gasteiger partial charge in [0.15, 0.2) is 5.96 Å². The fraction of sp³-hybridized carbons (Fsp3) is 0.588. The number of halogens is 1. The zero-order valence-corrected chi connectivity index (χ0v) is 15.9. The first kappa shape index (κ1) is 19.2. The lowest BCUT2D eigenvalue weighted by Crippen LogP contribution is -2.40. The molecule has 0 aromatic heterocycles. The summed E-state index contributed by atoms with van der Waals surface area (Å²) in [4.78, 5) is 4.67. The molecule has 2 N–H and O–H groups in total. The van der Waals surface area contributed by atoms with Gasteiger partial charge >= 0.3 is 0 Å². The summed E-state index contributed by atoms with van der Waals surface area (Å²) >= 11 is 0. The smallest absolute Gasteiger partial charge is 0.191 e. The molecule has 1 aromatic rings. The molecule has 0 bridgehead atoms. The lowest BCUT2D eigenvalue weighted by atomic mass is 10.0. The molecule has 1 heterocycles. The van der Waals surface area contributed by atoms with Gasteiger partial charge in [-0.1, -0.05) is 30.3 Å². The summed E-state index contributed by atoms with van der Waals surface area (Å²) in [6.45, 7) is 7.57. The number of aliphatic imine (C=N–C) groups is 1. The fourth-order valence-electron chi connectivity index (χ4n) is 2.52. The van der Waals surface area contributed by atoms with Crippen LogP contribution in [0.5, 0.6) is 0 Å². The zero-order valence-electron chi connectivity index (χ0n) is 13.6. The van der Waals surface area contributed by atoms with Crippen molar-refractivity contribution >= 4 is 29.9 Å². The molecule has 1 unspecified atom stereocenters. The molecule has 0 saturated carbocycles. The highest BCUT2D eigenvalue weighted by molar-refractivity contribution is 14.0. The average molecular weight is 417 g/mol. The van der Waals surface area contributed by atoms with Crippen molar-refractivity contribution in [1.82, 2.24) is 10.6 Å². The van der Waals surface area contributed by atoms with Gasteiger partial charge in [0.1, 0.15) is 0 Å². The van der Waals surface area contributed by atoms with E-state index < -0.39 is 0 Å². The van der Waals surface area contributed by atoms with Crippen LogP contribution in [-0.2, 0) is 11.2 Å². The van der Waals surface area contributed by atoms with E-state index in [0.29, 0.717) is 6.54 Å². The van der Waals surface area contributed by atoms with Gasteiger partial charge in [0.25, 0.3) is 0 Å². The Bertz CT molecular complexity index is 444. The summed E-state index contributed by atoms with van der Waals surface area (Å²) in [5, 5.41) is 6.69. The molecule has 1 fully saturated rings. The quantitative estimate of drug-likeness (QED) is 0.425. The highest BCUT2D eigenvalue weighted by Gasteiger charge is 2.29. The Morgan fingerprint density at radius 2 is 2.05 bits per heavy atom. The SMILES string of the molecule is CCNC(=NCC1(C)CCCO1)NCCc1ccccc1.I. The summed E-state index contributed by atoms with van der Waals surface area (Å²) in [5.41, 5.74) is 1.26. The van der Waals surface area contributed by atoms with E-state index in [0.717, 1.165) is 44.9 Å². The molecule has 1 aromatic carbocycles. The molecule has 1 aliphatic rings. The highest BCUT2D eigenvalue weighted by Crippen LogP contribution is 2.24. The van der Waals surface area contributed by atoms with E-state index in [2.05, 4.69) is 53.7 Å². The van der Waals surface area contributed by atoms with Crippen molar-refractivity contribution in [3.63, 3.8) is 0 Å². The monoisotopic (exact) mass is 417 g/mol. The molecular formula is C17H28IN3O. The molecule has 4 nitrogen and oxygen atoms in total. The van der Waals surface area contributed by atoms with Crippen LogP contribution in [0.4, 0.5) is 0 Å². The van der Waals surface area contributed by atoms with Gasteiger partial charge in [-0.3, -0.25) is 4.99 Å². The van der Waals surface area contributed by atoms with Crippen LogP contribution in [0.1, 0.15) is 32.3 Å².